The van der Waals surface area contributed by atoms with Gasteiger partial charge >= 0.3 is 0 Å². The van der Waals surface area contributed by atoms with Crippen LogP contribution in [-0.4, -0.2) is 91.8 Å². The highest BCUT2D eigenvalue weighted by Gasteiger charge is 2.48. The molecule has 2 aromatic carbocycles. The molecule has 0 bridgehead atoms. The van der Waals surface area contributed by atoms with Crippen molar-refractivity contribution >= 4 is 11.6 Å². The minimum absolute atomic E-state index is 0.0919. The first-order valence-electron chi connectivity index (χ1n) is 13.7. The van der Waals surface area contributed by atoms with E-state index in [-0.39, 0.29) is 42.4 Å². The third kappa shape index (κ3) is 4.26. The van der Waals surface area contributed by atoms with Gasteiger partial charge in [0.25, 0.3) is 5.91 Å². The molecular formula is C30H36N4O6. The number of nitrogens with one attached hydrogen (secondary N) is 1. The molecule has 4 heterocycles. The number of hydrogen-bond acceptors (Lipinski definition) is 9. The van der Waals surface area contributed by atoms with Crippen LogP contribution in [0.25, 0.3) is 0 Å². The van der Waals surface area contributed by atoms with E-state index in [0.29, 0.717) is 40.7 Å². The van der Waals surface area contributed by atoms with Gasteiger partial charge in [0.05, 0.1) is 31.9 Å². The molecule has 2 aromatic rings. The van der Waals surface area contributed by atoms with Crippen molar-refractivity contribution < 1.29 is 28.8 Å². The van der Waals surface area contributed by atoms with Crippen LogP contribution in [-0.2, 0) is 11.2 Å². The van der Waals surface area contributed by atoms with E-state index in [4.69, 9.17) is 24.0 Å². The smallest absolute Gasteiger partial charge is 0.260 e. The zero-order valence-corrected chi connectivity index (χ0v) is 23.4. The summed E-state index contributed by atoms with van der Waals surface area (Å²) in [7, 11) is 3.17. The Balaban J connectivity index is 1.44. The SMILES string of the molecule is C=C(C)[C@H]1Cc2c(ccc(C3=NN(C(=O)C(C)N4CCNCC4)C4COc5cc(OC)c(OC)cc5C34)c2O)O1. The predicted octanol–water partition coefficient (Wildman–Crippen LogP) is 2.67. The maximum Gasteiger partial charge on any atom is 0.260 e. The summed E-state index contributed by atoms with van der Waals surface area (Å²) >= 11 is 0. The molecule has 40 heavy (non-hydrogen) atoms. The lowest BCUT2D eigenvalue weighted by atomic mass is 9.82. The van der Waals surface area contributed by atoms with Crippen molar-refractivity contribution in [3.63, 3.8) is 0 Å². The fourth-order valence-corrected chi connectivity index (χ4v) is 6.15. The first-order chi connectivity index (χ1) is 19.3. The van der Waals surface area contributed by atoms with Crippen LogP contribution in [0.3, 0.4) is 0 Å². The molecule has 212 valence electrons. The molecule has 6 rings (SSSR count). The second-order valence-electron chi connectivity index (χ2n) is 10.8. The number of amides is 1. The molecule has 0 spiro atoms. The molecule has 0 aliphatic carbocycles. The number of fused-ring (bicyclic) bond motifs is 4. The van der Waals surface area contributed by atoms with E-state index in [1.54, 1.807) is 19.2 Å². The topological polar surface area (TPSA) is 105 Å². The molecule has 2 N–H and O–H groups in total. The molecular weight excluding hydrogens is 512 g/mol. The highest BCUT2D eigenvalue weighted by Crippen LogP contribution is 2.49. The van der Waals surface area contributed by atoms with Crippen molar-refractivity contribution in [2.24, 2.45) is 5.10 Å². The number of phenolic OH excluding ortho intramolecular Hbond substituents is 1. The van der Waals surface area contributed by atoms with E-state index in [2.05, 4.69) is 16.8 Å². The van der Waals surface area contributed by atoms with Crippen LogP contribution in [0, 0.1) is 0 Å². The molecule has 1 fully saturated rings. The van der Waals surface area contributed by atoms with Crippen molar-refractivity contribution in [3.05, 3.63) is 53.1 Å². The lowest BCUT2D eigenvalue weighted by Crippen LogP contribution is -2.54. The minimum Gasteiger partial charge on any atom is -0.507 e. The predicted molar refractivity (Wildman–Crippen MR) is 150 cm³/mol. The quantitative estimate of drug-likeness (QED) is 0.531. The Hall–Kier alpha value is -3.76. The van der Waals surface area contributed by atoms with Gasteiger partial charge in [-0.15, -0.1) is 0 Å². The summed E-state index contributed by atoms with van der Waals surface area (Å²) in [6.45, 7) is 11.4. The van der Waals surface area contributed by atoms with Gasteiger partial charge in [0.15, 0.2) is 11.5 Å². The van der Waals surface area contributed by atoms with Crippen LogP contribution < -0.4 is 24.3 Å². The Kier molecular flexibility index (Phi) is 6.83. The Labute approximate surface area is 234 Å². The fraction of sp³-hybridized carbons (Fsp3) is 0.467. The molecule has 4 atom stereocenters. The van der Waals surface area contributed by atoms with Crippen LogP contribution in [0.15, 0.2) is 41.5 Å². The number of carbonyl (C=O) groups is 1. The van der Waals surface area contributed by atoms with Gasteiger partial charge in [-0.1, -0.05) is 6.58 Å². The molecule has 1 amide bonds. The van der Waals surface area contributed by atoms with Gasteiger partial charge < -0.3 is 29.4 Å². The third-order valence-electron chi connectivity index (χ3n) is 8.48. The average Bonchev–Trinajstić information content (AvgIpc) is 3.59. The zero-order valence-electron chi connectivity index (χ0n) is 23.4. The number of benzene rings is 2. The number of methoxy groups -OCH3 is 2. The Morgan fingerprint density at radius 2 is 1.90 bits per heavy atom. The number of phenols is 1. The van der Waals surface area contributed by atoms with Crippen molar-refractivity contribution in [2.45, 2.75) is 44.4 Å². The lowest BCUT2D eigenvalue weighted by Gasteiger charge is -2.37. The van der Waals surface area contributed by atoms with E-state index in [9.17, 15) is 9.90 Å². The number of rotatable bonds is 6. The number of carbonyl (C=O) groups excluding carboxylic acids is 1. The molecule has 1 saturated heterocycles. The second-order valence-corrected chi connectivity index (χ2v) is 10.8. The molecule has 0 radical (unpaired) electrons. The normalized spacial score (nSPS) is 24.1. The molecule has 4 aliphatic rings. The average molecular weight is 549 g/mol. The summed E-state index contributed by atoms with van der Waals surface area (Å²) in [4.78, 5) is 16.1. The first kappa shape index (κ1) is 26.5. The summed E-state index contributed by atoms with van der Waals surface area (Å²) in [5.74, 6) is 2.08. The van der Waals surface area contributed by atoms with Gasteiger partial charge in [0.2, 0.25) is 0 Å². The molecule has 10 heteroatoms. The summed E-state index contributed by atoms with van der Waals surface area (Å²) in [5.41, 5.74) is 3.64. The maximum atomic E-state index is 14.0. The highest BCUT2D eigenvalue weighted by atomic mass is 16.5. The van der Waals surface area contributed by atoms with Gasteiger partial charge in [-0.05, 0) is 37.6 Å². The summed E-state index contributed by atoms with van der Waals surface area (Å²) in [6.07, 6.45) is 0.340. The van der Waals surface area contributed by atoms with Crippen LogP contribution >= 0.6 is 0 Å². The molecule has 0 aromatic heterocycles. The van der Waals surface area contributed by atoms with E-state index < -0.39 is 0 Å². The highest BCUT2D eigenvalue weighted by molar-refractivity contribution is 6.10. The summed E-state index contributed by atoms with van der Waals surface area (Å²) in [5, 5.41) is 21.4. The summed E-state index contributed by atoms with van der Waals surface area (Å²) in [6, 6.07) is 6.66. The number of aromatic hydroxyl groups is 1. The minimum atomic E-state index is -0.384. The fourth-order valence-electron chi connectivity index (χ4n) is 6.15. The molecule has 0 saturated carbocycles. The standard InChI is InChI=1S/C30H36N4O6/c1-16(2)23-13-20-22(40-23)7-6-18(29(20)35)28-27-19-12-25(37-4)26(38-5)14-24(19)39-15-21(27)34(32-28)30(36)17(3)33-10-8-31-9-11-33/h6-7,12,14,17,21,23,27,31,35H,1,8-11,13,15H2,2-5H3/t17?,21?,23-,27?/m1/s1. The molecule has 3 unspecified atom stereocenters. The van der Waals surface area contributed by atoms with Crippen LogP contribution in [0.2, 0.25) is 0 Å². The third-order valence-corrected chi connectivity index (χ3v) is 8.48. The van der Waals surface area contributed by atoms with E-state index in [0.717, 1.165) is 42.9 Å². The Morgan fingerprint density at radius 3 is 2.60 bits per heavy atom. The van der Waals surface area contributed by atoms with Crippen molar-refractivity contribution in [2.75, 3.05) is 47.0 Å². The maximum absolute atomic E-state index is 14.0. The Morgan fingerprint density at radius 1 is 1.18 bits per heavy atom. The van der Waals surface area contributed by atoms with Crippen molar-refractivity contribution in [1.82, 2.24) is 15.2 Å². The monoisotopic (exact) mass is 548 g/mol. The van der Waals surface area contributed by atoms with Gasteiger partial charge in [-0.25, -0.2) is 5.01 Å². The number of ether oxygens (including phenoxy) is 4. The van der Waals surface area contributed by atoms with Gasteiger partial charge in [0, 0.05) is 55.4 Å². The van der Waals surface area contributed by atoms with Crippen LogP contribution in [0.5, 0.6) is 28.7 Å². The van der Waals surface area contributed by atoms with Crippen LogP contribution in [0.4, 0.5) is 0 Å². The number of hydrazone groups is 1. The molecule has 4 aliphatic heterocycles. The lowest BCUT2D eigenvalue weighted by molar-refractivity contribution is -0.139. The number of nitrogens with zero attached hydrogens (tertiary/aromatic N) is 3. The van der Waals surface area contributed by atoms with Crippen molar-refractivity contribution in [3.8, 4) is 28.7 Å². The number of hydrogen-bond donors (Lipinski definition) is 2. The largest absolute Gasteiger partial charge is 0.507 e. The first-order valence-corrected chi connectivity index (χ1v) is 13.7. The van der Waals surface area contributed by atoms with E-state index in [1.165, 1.54) is 0 Å². The molecule has 10 nitrogen and oxygen atoms in total. The number of piperazine rings is 1. The van der Waals surface area contributed by atoms with E-state index in [1.807, 2.05) is 38.1 Å². The second kappa shape index (κ2) is 10.3. The Bertz CT molecular complexity index is 1380. The van der Waals surface area contributed by atoms with E-state index >= 15 is 0 Å². The van der Waals surface area contributed by atoms with Gasteiger partial charge in [-0.2, -0.15) is 5.10 Å². The van der Waals surface area contributed by atoms with Crippen LogP contribution in [0.1, 0.15) is 36.5 Å². The van der Waals surface area contributed by atoms with Gasteiger partial charge in [-0.3, -0.25) is 9.69 Å². The van der Waals surface area contributed by atoms with Crippen molar-refractivity contribution in [1.29, 1.82) is 0 Å². The summed E-state index contributed by atoms with van der Waals surface area (Å²) < 4.78 is 23.3. The van der Waals surface area contributed by atoms with Gasteiger partial charge in [0.1, 0.15) is 36.0 Å². The zero-order chi connectivity index (χ0) is 28.1.